The second-order valence-corrected chi connectivity index (χ2v) is 7.05. The van der Waals surface area contributed by atoms with Gasteiger partial charge < -0.3 is 10.2 Å². The van der Waals surface area contributed by atoms with Crippen molar-refractivity contribution in [1.82, 2.24) is 5.32 Å². The molecule has 8 heteroatoms. The third-order valence-corrected chi connectivity index (χ3v) is 5.15. The third kappa shape index (κ3) is 4.58. The first-order chi connectivity index (χ1) is 13.5. The molecule has 0 unspecified atom stereocenters. The van der Waals surface area contributed by atoms with Gasteiger partial charge in [-0.25, -0.2) is 4.99 Å². The van der Waals surface area contributed by atoms with Crippen molar-refractivity contribution in [2.24, 2.45) is 4.99 Å². The van der Waals surface area contributed by atoms with E-state index in [1.807, 2.05) is 24.3 Å². The van der Waals surface area contributed by atoms with E-state index in [9.17, 15) is 14.9 Å². The monoisotopic (exact) mass is 396 g/mol. The summed E-state index contributed by atoms with van der Waals surface area (Å²) in [6.45, 7) is 6.08. The molecule has 28 heavy (non-hydrogen) atoms. The summed E-state index contributed by atoms with van der Waals surface area (Å²) < 4.78 is 0. The summed E-state index contributed by atoms with van der Waals surface area (Å²) in [6, 6.07) is 14.0. The van der Waals surface area contributed by atoms with Crippen molar-refractivity contribution < 1.29 is 9.72 Å². The molecule has 0 radical (unpaired) electrons. The molecule has 0 bridgehead atoms. The van der Waals surface area contributed by atoms with Gasteiger partial charge in [0.1, 0.15) is 0 Å². The van der Waals surface area contributed by atoms with Gasteiger partial charge in [0.15, 0.2) is 5.17 Å². The number of nitrogens with one attached hydrogen (secondary N) is 1. The lowest BCUT2D eigenvalue weighted by Crippen LogP contribution is -2.21. The normalized spacial score (nSPS) is 16.4. The van der Waals surface area contributed by atoms with E-state index in [2.05, 4.69) is 29.1 Å². The molecule has 3 rings (SSSR count). The summed E-state index contributed by atoms with van der Waals surface area (Å²) in [5.74, 6) is -0.269. The number of amides is 1. The molecule has 0 aliphatic carbocycles. The number of carbonyl (C=O) groups excluding carboxylic acids is 1. The van der Waals surface area contributed by atoms with E-state index in [0.717, 1.165) is 24.5 Å². The standard InChI is InChI=1S/C20H20N4O3S/c1-3-23(4-2)16-10-8-15(9-11-16)21-20-22-19(25)18(28-20)13-14-6-5-7-17(12-14)24(26)27/h5-13H,3-4H2,1-2H3,(H,21,22,25). The van der Waals surface area contributed by atoms with Gasteiger partial charge in [-0.15, -0.1) is 0 Å². The minimum absolute atomic E-state index is 0.0139. The van der Waals surface area contributed by atoms with Crippen molar-refractivity contribution in [3.8, 4) is 0 Å². The molecule has 1 saturated heterocycles. The van der Waals surface area contributed by atoms with E-state index in [4.69, 9.17) is 0 Å². The zero-order valence-electron chi connectivity index (χ0n) is 15.6. The van der Waals surface area contributed by atoms with E-state index in [-0.39, 0.29) is 11.6 Å². The second kappa shape index (κ2) is 8.71. The van der Waals surface area contributed by atoms with Crippen LogP contribution >= 0.6 is 11.8 Å². The molecule has 0 saturated carbocycles. The Hall–Kier alpha value is -3.13. The van der Waals surface area contributed by atoms with Gasteiger partial charge in [-0.2, -0.15) is 0 Å². The molecule has 144 valence electrons. The lowest BCUT2D eigenvalue weighted by atomic mass is 10.2. The molecule has 1 fully saturated rings. The van der Waals surface area contributed by atoms with E-state index in [0.29, 0.717) is 15.6 Å². The zero-order valence-corrected chi connectivity index (χ0v) is 16.4. The van der Waals surface area contributed by atoms with Crippen molar-refractivity contribution in [2.75, 3.05) is 18.0 Å². The average molecular weight is 396 g/mol. The first kappa shape index (κ1) is 19.6. The Morgan fingerprint density at radius 1 is 1.18 bits per heavy atom. The van der Waals surface area contributed by atoms with Gasteiger partial charge >= 0.3 is 0 Å². The van der Waals surface area contributed by atoms with Crippen LogP contribution in [0.2, 0.25) is 0 Å². The van der Waals surface area contributed by atoms with E-state index in [1.165, 1.54) is 23.9 Å². The summed E-state index contributed by atoms with van der Waals surface area (Å²) in [5.41, 5.74) is 2.45. The average Bonchev–Trinajstić information content (AvgIpc) is 3.03. The number of carbonyl (C=O) groups is 1. The van der Waals surface area contributed by atoms with Crippen molar-refractivity contribution >= 4 is 46.0 Å². The molecule has 0 spiro atoms. The molecule has 2 aromatic rings. The third-order valence-electron chi connectivity index (χ3n) is 4.24. The zero-order chi connectivity index (χ0) is 20.1. The fraction of sp³-hybridized carbons (Fsp3) is 0.200. The maximum atomic E-state index is 12.2. The summed E-state index contributed by atoms with van der Waals surface area (Å²) in [6.07, 6.45) is 1.62. The van der Waals surface area contributed by atoms with Crippen LogP contribution in [0.15, 0.2) is 58.4 Å². The molecule has 0 aromatic heterocycles. The summed E-state index contributed by atoms with van der Waals surface area (Å²) in [7, 11) is 0. The summed E-state index contributed by atoms with van der Waals surface area (Å²) in [4.78, 5) is 29.8. The lowest BCUT2D eigenvalue weighted by molar-refractivity contribution is -0.384. The van der Waals surface area contributed by atoms with E-state index in [1.54, 1.807) is 18.2 Å². The molecule has 7 nitrogen and oxygen atoms in total. The maximum Gasteiger partial charge on any atom is 0.270 e. The minimum atomic E-state index is -0.460. The number of nitro benzene ring substituents is 1. The highest BCUT2D eigenvalue weighted by Crippen LogP contribution is 2.29. The first-order valence-electron chi connectivity index (χ1n) is 8.89. The van der Waals surface area contributed by atoms with Crippen LogP contribution in [-0.2, 0) is 4.79 Å². The van der Waals surface area contributed by atoms with Crippen LogP contribution in [0.4, 0.5) is 17.1 Å². The Kier molecular flexibility index (Phi) is 6.10. The Morgan fingerprint density at radius 3 is 2.54 bits per heavy atom. The summed E-state index contributed by atoms with van der Waals surface area (Å²) in [5, 5.41) is 14.1. The number of thioether (sulfide) groups is 1. The Bertz CT molecular complexity index is 950. The molecular formula is C20H20N4O3S. The van der Waals surface area contributed by atoms with Gasteiger partial charge in [-0.3, -0.25) is 14.9 Å². The number of hydrogen-bond donors (Lipinski definition) is 1. The van der Waals surface area contributed by atoms with Crippen molar-refractivity contribution in [3.63, 3.8) is 0 Å². The second-order valence-electron chi connectivity index (χ2n) is 6.02. The Labute approximate surface area is 167 Å². The summed E-state index contributed by atoms with van der Waals surface area (Å²) >= 11 is 1.21. The topological polar surface area (TPSA) is 87.8 Å². The van der Waals surface area contributed by atoms with Crippen LogP contribution in [0.1, 0.15) is 19.4 Å². The largest absolute Gasteiger partial charge is 0.372 e. The van der Waals surface area contributed by atoms with Crippen molar-refractivity contribution in [3.05, 3.63) is 69.1 Å². The smallest absolute Gasteiger partial charge is 0.270 e. The van der Waals surface area contributed by atoms with Gasteiger partial charge in [0, 0.05) is 30.9 Å². The molecule has 1 heterocycles. The lowest BCUT2D eigenvalue weighted by Gasteiger charge is -2.20. The predicted molar refractivity (Wildman–Crippen MR) is 114 cm³/mol. The van der Waals surface area contributed by atoms with Gasteiger partial charge in [0.2, 0.25) is 0 Å². The molecule has 2 aromatic carbocycles. The van der Waals surface area contributed by atoms with Crippen molar-refractivity contribution in [2.45, 2.75) is 13.8 Å². The number of non-ortho nitro benzene ring substituents is 1. The van der Waals surface area contributed by atoms with Crippen LogP contribution in [0, 0.1) is 10.1 Å². The molecule has 1 N–H and O–H groups in total. The highest BCUT2D eigenvalue weighted by Gasteiger charge is 2.24. The van der Waals surface area contributed by atoms with E-state index >= 15 is 0 Å². The number of nitro groups is 1. The Balaban J connectivity index is 1.77. The number of hydrogen-bond acceptors (Lipinski definition) is 6. The number of rotatable bonds is 6. The minimum Gasteiger partial charge on any atom is -0.372 e. The number of amidine groups is 1. The number of anilines is 1. The molecule has 0 atom stereocenters. The maximum absolute atomic E-state index is 12.2. The fourth-order valence-corrected chi connectivity index (χ4v) is 3.65. The van der Waals surface area contributed by atoms with Gasteiger partial charge in [-0.1, -0.05) is 12.1 Å². The SMILES string of the molecule is CCN(CC)c1ccc(N=C2NC(=O)C(=Cc3cccc([N+](=O)[O-])c3)S2)cc1. The van der Waals surface area contributed by atoms with Crippen molar-refractivity contribution in [1.29, 1.82) is 0 Å². The number of aliphatic imine (C=N–C) groups is 1. The molecule has 1 amide bonds. The molecule has 1 aliphatic heterocycles. The van der Waals surface area contributed by atoms with Gasteiger partial charge in [-0.05, 0) is 61.5 Å². The molecule has 1 aliphatic rings. The van der Waals surface area contributed by atoms with Gasteiger partial charge in [0.25, 0.3) is 11.6 Å². The van der Waals surface area contributed by atoms with Crippen LogP contribution in [-0.4, -0.2) is 29.1 Å². The number of nitrogens with zero attached hydrogens (tertiary/aromatic N) is 3. The first-order valence-corrected chi connectivity index (χ1v) is 9.71. The van der Waals surface area contributed by atoms with E-state index < -0.39 is 4.92 Å². The fourth-order valence-electron chi connectivity index (χ4n) is 2.80. The predicted octanol–water partition coefficient (Wildman–Crippen LogP) is 4.33. The highest BCUT2D eigenvalue weighted by atomic mass is 32.2. The van der Waals surface area contributed by atoms with Crippen LogP contribution in [0.25, 0.3) is 6.08 Å². The number of benzene rings is 2. The van der Waals surface area contributed by atoms with Crippen LogP contribution in [0.5, 0.6) is 0 Å². The quantitative estimate of drug-likeness (QED) is 0.446. The van der Waals surface area contributed by atoms with Crippen LogP contribution < -0.4 is 10.2 Å². The van der Waals surface area contributed by atoms with Crippen LogP contribution in [0.3, 0.4) is 0 Å². The van der Waals surface area contributed by atoms with Gasteiger partial charge in [0.05, 0.1) is 15.5 Å². The molecular weight excluding hydrogens is 376 g/mol. The highest BCUT2D eigenvalue weighted by molar-refractivity contribution is 8.18. The Morgan fingerprint density at radius 2 is 1.89 bits per heavy atom.